The lowest BCUT2D eigenvalue weighted by molar-refractivity contribution is 0.475. The molecule has 3 rings (SSSR count). The van der Waals surface area contributed by atoms with E-state index in [0.717, 1.165) is 11.0 Å². The lowest BCUT2D eigenvalue weighted by Gasteiger charge is -2.20. The molecule has 0 aliphatic heterocycles. The van der Waals surface area contributed by atoms with Crippen LogP contribution >= 0.6 is 22.9 Å². The maximum atomic E-state index is 12.4. The summed E-state index contributed by atoms with van der Waals surface area (Å²) in [6.07, 6.45) is 0.692. The van der Waals surface area contributed by atoms with Crippen molar-refractivity contribution in [3.05, 3.63) is 59.2 Å². The molecule has 0 saturated carbocycles. The van der Waals surface area contributed by atoms with Crippen molar-refractivity contribution >= 4 is 38.0 Å². The van der Waals surface area contributed by atoms with Gasteiger partial charge in [-0.2, -0.15) is 8.68 Å². The first kappa shape index (κ1) is 19.0. The SMILES string of the molecule is CN(CCN(C)S(=O)(=O)c1cccs1)c1nc(Cc2ccccc2)ns1. The molecule has 0 aliphatic rings. The van der Waals surface area contributed by atoms with E-state index in [0.29, 0.717) is 23.7 Å². The van der Waals surface area contributed by atoms with E-state index in [1.165, 1.54) is 32.7 Å². The van der Waals surface area contributed by atoms with Gasteiger partial charge < -0.3 is 4.90 Å². The fourth-order valence-corrected chi connectivity index (χ4v) is 5.35. The van der Waals surface area contributed by atoms with Crippen LogP contribution in [0.15, 0.2) is 52.1 Å². The largest absolute Gasteiger partial charge is 0.349 e. The van der Waals surface area contributed by atoms with Gasteiger partial charge in [-0.15, -0.1) is 11.3 Å². The minimum absolute atomic E-state index is 0.365. The van der Waals surface area contributed by atoms with Gasteiger partial charge in [0.1, 0.15) is 10.0 Å². The average molecular weight is 409 g/mol. The minimum Gasteiger partial charge on any atom is -0.349 e. The summed E-state index contributed by atoms with van der Waals surface area (Å²) in [5.41, 5.74) is 1.17. The molecule has 0 unspecified atom stereocenters. The smallest absolute Gasteiger partial charge is 0.252 e. The zero-order valence-corrected chi connectivity index (χ0v) is 17.0. The highest BCUT2D eigenvalue weighted by Crippen LogP contribution is 2.21. The van der Waals surface area contributed by atoms with E-state index in [-0.39, 0.29) is 0 Å². The van der Waals surface area contributed by atoms with Crippen molar-refractivity contribution in [2.45, 2.75) is 10.6 Å². The molecule has 3 aromatic rings. The molecule has 2 heterocycles. The van der Waals surface area contributed by atoms with Crippen LogP contribution in [-0.2, 0) is 16.4 Å². The quantitative estimate of drug-likeness (QED) is 0.573. The average Bonchev–Trinajstić information content (AvgIpc) is 3.32. The van der Waals surface area contributed by atoms with Crippen LogP contribution in [0, 0.1) is 0 Å². The topological polar surface area (TPSA) is 66.4 Å². The Morgan fingerprint density at radius 3 is 2.50 bits per heavy atom. The third-order valence-corrected chi connectivity index (χ3v) is 8.00. The predicted octanol–water partition coefficient (Wildman–Crippen LogP) is 2.95. The number of hydrogen-bond donors (Lipinski definition) is 0. The number of nitrogens with zero attached hydrogens (tertiary/aromatic N) is 4. The van der Waals surface area contributed by atoms with Crippen LogP contribution in [0.4, 0.5) is 5.13 Å². The second-order valence-electron chi connectivity index (χ2n) is 5.84. The Bertz CT molecular complexity index is 924. The number of likely N-dealkylation sites (N-methyl/N-ethyl adjacent to an activating group) is 2. The molecule has 6 nitrogen and oxygen atoms in total. The van der Waals surface area contributed by atoms with Crippen molar-refractivity contribution in [1.29, 1.82) is 0 Å². The highest BCUT2D eigenvalue weighted by Gasteiger charge is 2.22. The summed E-state index contributed by atoms with van der Waals surface area (Å²) >= 11 is 2.56. The van der Waals surface area contributed by atoms with Crippen LogP contribution in [0.1, 0.15) is 11.4 Å². The highest BCUT2D eigenvalue weighted by molar-refractivity contribution is 7.91. The molecule has 138 valence electrons. The minimum atomic E-state index is -3.42. The molecule has 0 radical (unpaired) electrons. The van der Waals surface area contributed by atoms with E-state index >= 15 is 0 Å². The fraction of sp³-hybridized carbons (Fsp3) is 0.294. The first-order valence-corrected chi connectivity index (χ1v) is 11.1. The van der Waals surface area contributed by atoms with Gasteiger partial charge in [0, 0.05) is 45.1 Å². The summed E-state index contributed by atoms with van der Waals surface area (Å²) in [5, 5.41) is 2.56. The molecular formula is C17H20N4O2S3. The number of thiophene rings is 1. The van der Waals surface area contributed by atoms with E-state index in [2.05, 4.69) is 21.5 Å². The van der Waals surface area contributed by atoms with E-state index in [1.54, 1.807) is 24.6 Å². The summed E-state index contributed by atoms with van der Waals surface area (Å²) in [4.78, 5) is 6.50. The number of rotatable bonds is 8. The summed E-state index contributed by atoms with van der Waals surface area (Å²) in [5.74, 6) is 0.780. The number of anilines is 1. The van der Waals surface area contributed by atoms with E-state index in [9.17, 15) is 8.42 Å². The van der Waals surface area contributed by atoms with Crippen LogP contribution in [0.3, 0.4) is 0 Å². The molecule has 0 fully saturated rings. The van der Waals surface area contributed by atoms with Gasteiger partial charge in [-0.05, 0) is 17.0 Å². The van der Waals surface area contributed by atoms with Gasteiger partial charge >= 0.3 is 0 Å². The standard InChI is InChI=1S/C17H20N4O2S3/c1-20(10-11-21(2)26(22,23)16-9-6-12-24-16)17-18-15(19-25-17)13-14-7-4-3-5-8-14/h3-9,12H,10-11,13H2,1-2H3. The molecule has 26 heavy (non-hydrogen) atoms. The fourth-order valence-electron chi connectivity index (χ4n) is 2.32. The number of hydrogen-bond acceptors (Lipinski definition) is 7. The summed E-state index contributed by atoms with van der Waals surface area (Å²) < 4.78 is 31.0. The molecule has 9 heteroatoms. The molecule has 0 amide bonds. The molecule has 0 saturated heterocycles. The van der Waals surface area contributed by atoms with Gasteiger partial charge in [-0.3, -0.25) is 0 Å². The monoisotopic (exact) mass is 408 g/mol. The van der Waals surface area contributed by atoms with Gasteiger partial charge in [0.05, 0.1) is 0 Å². The zero-order valence-electron chi connectivity index (χ0n) is 14.6. The van der Waals surface area contributed by atoms with E-state index in [1.807, 2.05) is 30.1 Å². The van der Waals surface area contributed by atoms with Crippen LogP contribution in [0.25, 0.3) is 0 Å². The molecular weight excluding hydrogens is 388 g/mol. The van der Waals surface area contributed by atoms with Crippen molar-refractivity contribution < 1.29 is 8.42 Å². The highest BCUT2D eigenvalue weighted by atomic mass is 32.2. The van der Waals surface area contributed by atoms with Crippen LogP contribution in [0.2, 0.25) is 0 Å². The summed E-state index contributed by atoms with van der Waals surface area (Å²) in [7, 11) is 0.0858. The molecule has 1 aromatic carbocycles. The van der Waals surface area contributed by atoms with Gasteiger partial charge in [0.2, 0.25) is 5.13 Å². The van der Waals surface area contributed by atoms with Crippen molar-refractivity contribution in [1.82, 2.24) is 13.7 Å². The Balaban J connectivity index is 1.58. The zero-order chi connectivity index (χ0) is 18.6. The molecule has 2 aromatic heterocycles. The second-order valence-corrected chi connectivity index (χ2v) is 9.79. The first-order valence-electron chi connectivity index (χ1n) is 8.04. The Hall–Kier alpha value is -1.81. The van der Waals surface area contributed by atoms with Crippen molar-refractivity contribution in [2.24, 2.45) is 0 Å². The Morgan fingerprint density at radius 1 is 1.04 bits per heavy atom. The van der Waals surface area contributed by atoms with Crippen LogP contribution in [-0.4, -0.2) is 49.3 Å². The molecule has 0 bridgehead atoms. The Labute approximate surface area is 162 Å². The number of benzene rings is 1. The van der Waals surface area contributed by atoms with Gasteiger partial charge in [0.15, 0.2) is 0 Å². The van der Waals surface area contributed by atoms with Crippen molar-refractivity contribution in [3.8, 4) is 0 Å². The van der Waals surface area contributed by atoms with Crippen LogP contribution < -0.4 is 4.90 Å². The maximum Gasteiger partial charge on any atom is 0.252 e. The molecule has 0 aliphatic carbocycles. The lowest BCUT2D eigenvalue weighted by Crippen LogP contribution is -2.34. The van der Waals surface area contributed by atoms with Crippen molar-refractivity contribution in [2.75, 3.05) is 32.1 Å². The summed E-state index contributed by atoms with van der Waals surface area (Å²) in [6, 6.07) is 13.5. The Kier molecular flexibility index (Phi) is 6.02. The second kappa shape index (κ2) is 8.26. The van der Waals surface area contributed by atoms with E-state index < -0.39 is 10.0 Å². The maximum absolute atomic E-state index is 12.4. The number of aromatic nitrogens is 2. The van der Waals surface area contributed by atoms with E-state index in [4.69, 9.17) is 0 Å². The summed E-state index contributed by atoms with van der Waals surface area (Å²) in [6.45, 7) is 0.922. The third-order valence-electron chi connectivity index (χ3n) is 3.90. The van der Waals surface area contributed by atoms with Gasteiger partial charge in [-0.25, -0.2) is 13.4 Å². The third kappa shape index (κ3) is 4.47. The van der Waals surface area contributed by atoms with Gasteiger partial charge in [-0.1, -0.05) is 36.4 Å². The Morgan fingerprint density at radius 2 is 1.81 bits per heavy atom. The number of sulfonamides is 1. The molecule has 0 N–H and O–H groups in total. The molecule has 0 atom stereocenters. The van der Waals surface area contributed by atoms with Crippen molar-refractivity contribution in [3.63, 3.8) is 0 Å². The predicted molar refractivity (Wildman–Crippen MR) is 107 cm³/mol. The normalized spacial score (nSPS) is 11.8. The van der Waals surface area contributed by atoms with Crippen LogP contribution in [0.5, 0.6) is 0 Å². The van der Waals surface area contributed by atoms with Gasteiger partial charge in [0.25, 0.3) is 10.0 Å². The first-order chi connectivity index (χ1) is 12.5. The lowest BCUT2D eigenvalue weighted by atomic mass is 10.1. The molecule has 0 spiro atoms.